The summed E-state index contributed by atoms with van der Waals surface area (Å²) in [7, 11) is 1.66. The topological polar surface area (TPSA) is 75.2 Å². The van der Waals surface area contributed by atoms with Gasteiger partial charge in [0.05, 0.1) is 10.6 Å². The van der Waals surface area contributed by atoms with Crippen molar-refractivity contribution in [3.8, 4) is 0 Å². The first-order valence-corrected chi connectivity index (χ1v) is 10.6. The molecule has 27 heavy (non-hydrogen) atoms. The monoisotopic (exact) mass is 400 g/mol. The van der Waals surface area contributed by atoms with Crippen molar-refractivity contribution in [3.63, 3.8) is 0 Å². The fraction of sp³-hybridized carbons (Fsp3) is 0.368. The van der Waals surface area contributed by atoms with Crippen LogP contribution in [-0.4, -0.2) is 46.4 Å². The van der Waals surface area contributed by atoms with Gasteiger partial charge in [-0.1, -0.05) is 29.6 Å². The number of hydrogen-bond acceptors (Lipinski definition) is 6. The van der Waals surface area contributed by atoms with E-state index in [1.54, 1.807) is 7.05 Å². The van der Waals surface area contributed by atoms with Gasteiger partial charge in [0.2, 0.25) is 0 Å². The highest BCUT2D eigenvalue weighted by Gasteiger charge is 2.34. The lowest BCUT2D eigenvalue weighted by molar-refractivity contribution is 0.0794. The van der Waals surface area contributed by atoms with E-state index in [-0.39, 0.29) is 17.7 Å². The zero-order valence-electron chi connectivity index (χ0n) is 15.2. The Balaban J connectivity index is 1.66. The summed E-state index contributed by atoms with van der Waals surface area (Å²) in [6.45, 7) is 3.28. The summed E-state index contributed by atoms with van der Waals surface area (Å²) in [6, 6.07) is 8.11. The van der Waals surface area contributed by atoms with Crippen LogP contribution < -0.4 is 5.32 Å². The number of likely N-dealkylation sites (tertiary alicyclic amines) is 1. The van der Waals surface area contributed by atoms with E-state index < -0.39 is 0 Å². The van der Waals surface area contributed by atoms with Crippen LogP contribution >= 0.6 is 22.9 Å². The lowest BCUT2D eigenvalue weighted by Gasteiger charge is -2.16. The van der Waals surface area contributed by atoms with Crippen molar-refractivity contribution in [1.82, 2.24) is 19.8 Å². The molecule has 0 radical (unpaired) electrons. The molecule has 1 aromatic carbocycles. The Morgan fingerprint density at radius 2 is 2.11 bits per heavy atom. The molecule has 140 valence electrons. The van der Waals surface area contributed by atoms with Crippen molar-refractivity contribution in [2.45, 2.75) is 25.7 Å². The van der Waals surface area contributed by atoms with E-state index >= 15 is 0 Å². The van der Waals surface area contributed by atoms with E-state index in [9.17, 15) is 9.59 Å². The van der Waals surface area contributed by atoms with Crippen LogP contribution in [-0.2, 0) is 6.42 Å². The lowest BCUT2D eigenvalue weighted by atomic mass is 9.95. The van der Waals surface area contributed by atoms with Gasteiger partial charge in [-0.05, 0) is 41.4 Å². The minimum absolute atomic E-state index is 0.00498. The van der Waals surface area contributed by atoms with Crippen LogP contribution in [0.25, 0.3) is 10.1 Å². The molecule has 1 saturated heterocycles. The van der Waals surface area contributed by atoms with Gasteiger partial charge >= 0.3 is 0 Å². The molecule has 6 nitrogen and oxygen atoms in total. The highest BCUT2D eigenvalue weighted by atomic mass is 32.1. The first kappa shape index (κ1) is 18.1. The number of benzene rings is 1. The average Bonchev–Trinajstić information content (AvgIpc) is 3.43. The average molecular weight is 401 g/mol. The van der Waals surface area contributed by atoms with Gasteiger partial charge in [0.25, 0.3) is 11.8 Å². The smallest absolute Gasteiger partial charge is 0.267 e. The molecule has 2 aromatic heterocycles. The summed E-state index contributed by atoms with van der Waals surface area (Å²) in [6.07, 6.45) is 1.55. The van der Waals surface area contributed by atoms with Crippen molar-refractivity contribution < 1.29 is 9.59 Å². The number of thiophene rings is 1. The summed E-state index contributed by atoms with van der Waals surface area (Å²) in [5.41, 5.74) is 1.84. The Kier molecular flexibility index (Phi) is 4.92. The summed E-state index contributed by atoms with van der Waals surface area (Å²) >= 11 is 2.69. The van der Waals surface area contributed by atoms with E-state index in [4.69, 9.17) is 0 Å². The number of amides is 2. The molecule has 1 atom stereocenters. The van der Waals surface area contributed by atoms with Crippen molar-refractivity contribution in [2.75, 3.05) is 20.1 Å². The second-order valence-corrected chi connectivity index (χ2v) is 8.37. The first-order valence-electron chi connectivity index (χ1n) is 8.98. The Morgan fingerprint density at radius 1 is 1.30 bits per heavy atom. The Labute approximate surface area is 165 Å². The van der Waals surface area contributed by atoms with Crippen LogP contribution in [0.5, 0.6) is 0 Å². The van der Waals surface area contributed by atoms with Crippen LogP contribution in [0.4, 0.5) is 0 Å². The van der Waals surface area contributed by atoms with Gasteiger partial charge in [-0.25, -0.2) is 0 Å². The van der Waals surface area contributed by atoms with Crippen LogP contribution in [0.2, 0.25) is 0 Å². The Hall–Kier alpha value is -2.32. The maximum absolute atomic E-state index is 12.9. The van der Waals surface area contributed by atoms with Gasteiger partial charge < -0.3 is 10.2 Å². The number of fused-ring (bicyclic) bond motifs is 1. The second-order valence-electron chi connectivity index (χ2n) is 6.56. The molecule has 1 fully saturated rings. The summed E-state index contributed by atoms with van der Waals surface area (Å²) < 4.78 is 5.04. The quantitative estimate of drug-likeness (QED) is 0.729. The van der Waals surface area contributed by atoms with E-state index in [2.05, 4.69) is 21.0 Å². The molecule has 0 bridgehead atoms. The van der Waals surface area contributed by atoms with E-state index in [1.807, 2.05) is 30.0 Å². The fourth-order valence-electron chi connectivity index (χ4n) is 3.68. The van der Waals surface area contributed by atoms with Crippen molar-refractivity contribution >= 4 is 44.8 Å². The Bertz CT molecular complexity index is 1010. The molecule has 1 N–H and O–H groups in total. The van der Waals surface area contributed by atoms with Gasteiger partial charge in [-0.15, -0.1) is 16.4 Å². The van der Waals surface area contributed by atoms with Gasteiger partial charge in [-0.3, -0.25) is 9.59 Å². The molecule has 8 heteroatoms. The minimum Gasteiger partial charge on any atom is -0.354 e. The zero-order chi connectivity index (χ0) is 19.0. The molecule has 2 amide bonds. The molecule has 3 heterocycles. The minimum atomic E-state index is -0.0593. The largest absolute Gasteiger partial charge is 0.354 e. The second kappa shape index (κ2) is 7.36. The van der Waals surface area contributed by atoms with Crippen LogP contribution in [0, 0.1) is 0 Å². The van der Waals surface area contributed by atoms with Crippen molar-refractivity contribution in [3.05, 3.63) is 45.3 Å². The Morgan fingerprint density at radius 3 is 2.89 bits per heavy atom. The first-order chi connectivity index (χ1) is 13.1. The number of nitrogens with one attached hydrogen (secondary N) is 1. The maximum Gasteiger partial charge on any atom is 0.267 e. The third kappa shape index (κ3) is 3.12. The molecule has 0 spiro atoms. The van der Waals surface area contributed by atoms with Crippen LogP contribution in [0.1, 0.15) is 49.9 Å². The van der Waals surface area contributed by atoms with Crippen LogP contribution in [0.3, 0.4) is 0 Å². The summed E-state index contributed by atoms with van der Waals surface area (Å²) in [4.78, 5) is 28.6. The molecule has 0 aliphatic carbocycles. The van der Waals surface area contributed by atoms with E-state index in [0.29, 0.717) is 24.4 Å². The number of carbonyl (C=O) groups is 2. The number of hydrogen-bond donors (Lipinski definition) is 1. The standard InChI is InChI=1S/C19H20N4O2S2/c1-3-13-16(27-22-21-13)19(25)23-9-8-11(10-23)15-12-6-4-5-7-14(12)26-17(15)18(24)20-2/h4-7,11H,3,8-10H2,1-2H3,(H,20,24). The zero-order valence-corrected chi connectivity index (χ0v) is 16.8. The number of rotatable bonds is 4. The van der Waals surface area contributed by atoms with E-state index in [0.717, 1.165) is 32.6 Å². The van der Waals surface area contributed by atoms with Gasteiger partial charge in [0.15, 0.2) is 0 Å². The highest BCUT2D eigenvalue weighted by Crippen LogP contribution is 2.40. The predicted octanol–water partition coefficient (Wildman–Crippen LogP) is 3.30. The van der Waals surface area contributed by atoms with Crippen molar-refractivity contribution in [2.24, 2.45) is 0 Å². The van der Waals surface area contributed by atoms with Crippen molar-refractivity contribution in [1.29, 1.82) is 0 Å². The van der Waals surface area contributed by atoms with Gasteiger partial charge in [-0.2, -0.15) is 0 Å². The molecular formula is C19H20N4O2S2. The van der Waals surface area contributed by atoms with Crippen LogP contribution in [0.15, 0.2) is 24.3 Å². The number of aromatic nitrogens is 2. The summed E-state index contributed by atoms with van der Waals surface area (Å²) in [5.74, 6) is 0.102. The maximum atomic E-state index is 12.9. The number of carbonyl (C=O) groups excluding carboxylic acids is 2. The van der Waals surface area contributed by atoms with E-state index in [1.165, 1.54) is 22.9 Å². The molecule has 1 unspecified atom stereocenters. The molecule has 3 aromatic rings. The number of aryl methyl sites for hydroxylation is 1. The molecule has 1 aliphatic rings. The molecular weight excluding hydrogens is 380 g/mol. The lowest BCUT2D eigenvalue weighted by Crippen LogP contribution is -2.28. The number of nitrogens with zero attached hydrogens (tertiary/aromatic N) is 3. The summed E-state index contributed by atoms with van der Waals surface area (Å²) in [5, 5.41) is 7.93. The van der Waals surface area contributed by atoms with Gasteiger partial charge in [0.1, 0.15) is 4.88 Å². The highest BCUT2D eigenvalue weighted by molar-refractivity contribution is 7.21. The SMILES string of the molecule is CCc1nnsc1C(=O)N1CCC(c2c(C(=O)NC)sc3ccccc23)C1. The third-order valence-electron chi connectivity index (χ3n) is 5.04. The predicted molar refractivity (Wildman–Crippen MR) is 108 cm³/mol. The fourth-order valence-corrected chi connectivity index (χ4v) is 5.63. The molecule has 1 aliphatic heterocycles. The molecule has 4 rings (SSSR count). The van der Waals surface area contributed by atoms with Gasteiger partial charge in [0, 0.05) is 30.8 Å². The molecule has 0 saturated carbocycles. The third-order valence-corrected chi connectivity index (χ3v) is 6.98. The normalized spacial score (nSPS) is 16.8.